The predicted molar refractivity (Wildman–Crippen MR) is 290 cm³/mol. The highest BCUT2D eigenvalue weighted by Crippen LogP contribution is 2.47. The first kappa shape index (κ1) is 54.2. The van der Waals surface area contributed by atoms with Gasteiger partial charge in [-0.2, -0.15) is 0 Å². The molecule has 6 aromatic rings. The van der Waals surface area contributed by atoms with E-state index in [-0.39, 0.29) is 62.3 Å². The Labute approximate surface area is 463 Å². The van der Waals surface area contributed by atoms with E-state index in [1.807, 2.05) is 48.5 Å². The fourth-order valence-electron chi connectivity index (χ4n) is 11.7. The maximum Gasteiger partial charge on any atom is 0.407 e. The number of amides is 6. The third-order valence-corrected chi connectivity index (χ3v) is 16.1. The van der Waals surface area contributed by atoms with Crippen LogP contribution >= 0.6 is 0 Å². The monoisotopic (exact) mass is 1100 g/mol. The molecule has 7 N–H and O–H groups in total. The molecule has 6 amide bonds. The van der Waals surface area contributed by atoms with Crippen LogP contribution in [0.15, 0.2) is 95.8 Å². The van der Waals surface area contributed by atoms with Gasteiger partial charge in [0.05, 0.1) is 48.1 Å². The van der Waals surface area contributed by atoms with E-state index in [1.54, 1.807) is 50.2 Å². The lowest BCUT2D eigenvalue weighted by atomic mass is 9.81. The van der Waals surface area contributed by atoms with E-state index in [2.05, 4.69) is 31.9 Å². The van der Waals surface area contributed by atoms with Crippen molar-refractivity contribution in [1.82, 2.24) is 41.5 Å². The molecule has 418 valence electrons. The minimum Gasteiger partial charge on any atom is -0.458 e. The molecule has 0 radical (unpaired) electrons. The average molecular weight is 1100 g/mol. The number of aromatic nitrogens is 2. The van der Waals surface area contributed by atoms with Crippen LogP contribution in [-0.2, 0) is 74.6 Å². The van der Waals surface area contributed by atoms with Crippen LogP contribution in [0.1, 0.15) is 94.6 Å². The second-order valence-electron chi connectivity index (χ2n) is 21.1. The van der Waals surface area contributed by atoms with Gasteiger partial charge < -0.3 is 55.8 Å². The van der Waals surface area contributed by atoms with E-state index in [4.69, 9.17) is 19.2 Å². The summed E-state index contributed by atoms with van der Waals surface area (Å²) in [6.45, 7) is 1.21. The van der Waals surface area contributed by atoms with Crippen molar-refractivity contribution in [3.05, 3.63) is 157 Å². The molecule has 4 atom stereocenters. The summed E-state index contributed by atoms with van der Waals surface area (Å²) >= 11 is 0. The van der Waals surface area contributed by atoms with Crippen molar-refractivity contribution < 1.29 is 57.3 Å². The van der Waals surface area contributed by atoms with Gasteiger partial charge in [-0.1, -0.05) is 85.8 Å². The zero-order valence-electron chi connectivity index (χ0n) is 44.4. The summed E-state index contributed by atoms with van der Waals surface area (Å²) < 4.78 is 33.8. The molecule has 3 aliphatic carbocycles. The molecule has 2 aliphatic heterocycles. The summed E-state index contributed by atoms with van der Waals surface area (Å²) in [4.78, 5) is 111. The van der Waals surface area contributed by atoms with Gasteiger partial charge in [0.25, 0.3) is 5.56 Å². The SMILES string of the molecule is CC[C@@]1(O)C(=O)OCc2c1cc1n(c2=O)Cc2c-1nc1cc(F)c(C)c3c1c2[C@@H](NC(=O)[C@H](OCNC(=O)CNC(=O)[C@H](Cc1ccccc1)NC(=O)CNC(=O)CNC(=O)OCC1c2ccccc2-c2ccccc21)C1CC1)CC3. The van der Waals surface area contributed by atoms with Gasteiger partial charge in [-0.25, -0.2) is 19.0 Å². The van der Waals surface area contributed by atoms with Gasteiger partial charge >= 0.3 is 12.1 Å². The van der Waals surface area contributed by atoms with Crippen LogP contribution in [0, 0.1) is 18.7 Å². The Morgan fingerprint density at radius 3 is 2.21 bits per heavy atom. The van der Waals surface area contributed by atoms with Crippen LogP contribution in [0.5, 0.6) is 0 Å². The van der Waals surface area contributed by atoms with Crippen molar-refractivity contribution in [2.75, 3.05) is 33.0 Å². The van der Waals surface area contributed by atoms with E-state index < -0.39 is 96.4 Å². The number of carbonyl (C=O) groups is 7. The highest BCUT2D eigenvalue weighted by atomic mass is 19.1. The minimum atomic E-state index is -2.05. The molecule has 5 aliphatic rings. The number of alkyl carbamates (subject to hydrolysis) is 1. The number of cyclic esters (lactones) is 1. The molecule has 11 rings (SSSR count). The second-order valence-corrected chi connectivity index (χ2v) is 21.1. The van der Waals surface area contributed by atoms with Crippen molar-refractivity contribution in [2.45, 2.75) is 95.2 Å². The maximum atomic E-state index is 15.5. The molecule has 4 aromatic carbocycles. The molecule has 2 aromatic heterocycles. The van der Waals surface area contributed by atoms with Gasteiger partial charge in [-0.15, -0.1) is 0 Å². The fraction of sp³-hybridized carbons (Fsp3) is 0.350. The Hall–Kier alpha value is -8.82. The Balaban J connectivity index is 0.684. The lowest BCUT2D eigenvalue weighted by Crippen LogP contribution is -2.52. The van der Waals surface area contributed by atoms with E-state index >= 15 is 4.39 Å². The number of pyridine rings is 2. The average Bonchev–Trinajstić information content (AvgIpc) is 4.32. The summed E-state index contributed by atoms with van der Waals surface area (Å²) in [6.07, 6.45) is 0.392. The highest BCUT2D eigenvalue weighted by molar-refractivity contribution is 5.95. The third-order valence-electron chi connectivity index (χ3n) is 16.1. The number of carbonyl (C=O) groups excluding carboxylic acids is 7. The van der Waals surface area contributed by atoms with Crippen LogP contribution in [0.25, 0.3) is 33.4 Å². The van der Waals surface area contributed by atoms with Crippen LogP contribution in [0.4, 0.5) is 9.18 Å². The smallest absolute Gasteiger partial charge is 0.407 e. The van der Waals surface area contributed by atoms with Gasteiger partial charge in [-0.05, 0) is 95.5 Å². The molecule has 1 fully saturated rings. The molecule has 0 bridgehead atoms. The summed E-state index contributed by atoms with van der Waals surface area (Å²) in [7, 11) is 0. The molecular weight excluding hydrogens is 1040 g/mol. The number of esters is 1. The van der Waals surface area contributed by atoms with Gasteiger partial charge in [-0.3, -0.25) is 28.8 Å². The number of nitrogens with one attached hydrogen (secondary N) is 6. The minimum absolute atomic E-state index is 0.0445. The first-order valence-electron chi connectivity index (χ1n) is 27.1. The Bertz CT molecular complexity index is 3600. The Morgan fingerprint density at radius 1 is 0.815 bits per heavy atom. The van der Waals surface area contributed by atoms with Crippen LogP contribution < -0.4 is 37.5 Å². The van der Waals surface area contributed by atoms with Crippen molar-refractivity contribution in [3.63, 3.8) is 0 Å². The summed E-state index contributed by atoms with van der Waals surface area (Å²) in [5.41, 5.74) is 6.23. The Morgan fingerprint density at radius 2 is 1.49 bits per heavy atom. The number of aliphatic hydroxyl groups is 1. The maximum absolute atomic E-state index is 15.5. The molecular formula is C60H59FN8O12. The molecule has 0 spiro atoms. The number of nitrogens with zero attached hydrogens (tertiary/aromatic N) is 2. The normalized spacial score (nSPS) is 17.9. The van der Waals surface area contributed by atoms with Gasteiger partial charge in [0.2, 0.25) is 29.5 Å². The number of ether oxygens (including phenoxy) is 3. The highest BCUT2D eigenvalue weighted by Gasteiger charge is 2.46. The lowest BCUT2D eigenvalue weighted by Gasteiger charge is -2.31. The second kappa shape index (κ2) is 22.4. The quantitative estimate of drug-likeness (QED) is 0.0447. The number of halogens is 1. The molecule has 4 heterocycles. The largest absolute Gasteiger partial charge is 0.458 e. The van der Waals surface area contributed by atoms with Crippen LogP contribution in [0.2, 0.25) is 0 Å². The molecule has 1 saturated carbocycles. The van der Waals surface area contributed by atoms with E-state index in [0.717, 1.165) is 27.8 Å². The summed E-state index contributed by atoms with van der Waals surface area (Å²) in [5, 5.41) is 27.9. The van der Waals surface area contributed by atoms with Gasteiger partial charge in [0.1, 0.15) is 44.5 Å². The molecule has 20 nitrogen and oxygen atoms in total. The van der Waals surface area contributed by atoms with Crippen molar-refractivity contribution in [2.24, 2.45) is 5.92 Å². The van der Waals surface area contributed by atoms with E-state index in [1.165, 1.54) is 10.6 Å². The third kappa shape index (κ3) is 10.6. The lowest BCUT2D eigenvalue weighted by molar-refractivity contribution is -0.172. The van der Waals surface area contributed by atoms with Crippen LogP contribution in [-0.4, -0.2) is 101 Å². The molecule has 81 heavy (non-hydrogen) atoms. The zero-order valence-corrected chi connectivity index (χ0v) is 44.4. The van der Waals surface area contributed by atoms with E-state index in [9.17, 15) is 43.5 Å². The Kier molecular flexibility index (Phi) is 15.0. The molecule has 21 heteroatoms. The molecule has 0 saturated heterocycles. The van der Waals surface area contributed by atoms with Gasteiger partial charge in [0, 0.05) is 34.9 Å². The first-order valence-corrected chi connectivity index (χ1v) is 27.1. The summed E-state index contributed by atoms with van der Waals surface area (Å²) in [6, 6.07) is 25.8. The standard InChI is InChI=1S/C60H59FN8O12/c1-3-60(78)42-22-47-53-39(27-69(47)57(75)41(42)29-79-58(60)76)52-44(20-19-34-31(2)43(61)23-45(67-53)51(34)52)68-56(74)54(33-17-18-33)81-30-65-49(71)24-63-55(73)46(21-32-11-5-4-6-12-32)66-50(72)26-62-48(70)25-64-59(77)80-28-40-37-15-9-7-13-35(37)36-14-8-10-16-38(36)40/h4-16,22-23,33,40,44,46,54,78H,3,17-21,24-30H2,1-2H3,(H,62,70)(H,63,73)(H,64,77)(H,65,71)(H,66,72)(H,68,74)/t44-,46-,54+,60-/m0/s1. The van der Waals surface area contributed by atoms with Crippen LogP contribution in [0.3, 0.4) is 0 Å². The number of benzene rings is 4. The van der Waals surface area contributed by atoms with Crippen molar-refractivity contribution in [1.29, 1.82) is 0 Å². The number of rotatable bonds is 19. The van der Waals surface area contributed by atoms with E-state index in [0.29, 0.717) is 70.2 Å². The van der Waals surface area contributed by atoms with Crippen molar-refractivity contribution in [3.8, 4) is 22.5 Å². The predicted octanol–water partition coefficient (Wildman–Crippen LogP) is 4.00. The van der Waals surface area contributed by atoms with Gasteiger partial charge in [0.15, 0.2) is 5.60 Å². The number of hydrogen-bond donors (Lipinski definition) is 7. The zero-order chi connectivity index (χ0) is 56.7. The topological polar surface area (TPSA) is 274 Å². The first-order chi connectivity index (χ1) is 39.1. The number of fused-ring (bicyclic) bond motifs is 8. The molecule has 0 unspecified atom stereocenters. The summed E-state index contributed by atoms with van der Waals surface area (Å²) in [5.74, 6) is -4.81. The fourth-order valence-corrected chi connectivity index (χ4v) is 11.7. The van der Waals surface area contributed by atoms with Crippen molar-refractivity contribution >= 4 is 52.5 Å². The number of hydrogen-bond acceptors (Lipinski definition) is 13. The number of aryl methyl sites for hydroxylation is 1.